The van der Waals surface area contributed by atoms with E-state index in [1.807, 2.05) is 0 Å². The second kappa shape index (κ2) is 4.61. The van der Waals surface area contributed by atoms with Gasteiger partial charge >= 0.3 is 0 Å². The average molecular weight is 259 g/mol. The van der Waals surface area contributed by atoms with Gasteiger partial charge in [-0.1, -0.05) is 12.1 Å². The van der Waals surface area contributed by atoms with E-state index in [2.05, 4.69) is 58.7 Å². The average Bonchev–Trinajstić information content (AvgIpc) is 2.79. The lowest BCUT2D eigenvalue weighted by atomic mass is 10.1. The number of hydrogen-bond donors (Lipinski definition) is 1. The first-order valence-electron chi connectivity index (χ1n) is 6.24. The van der Waals surface area contributed by atoms with Gasteiger partial charge in [0.2, 0.25) is 0 Å². The first-order valence-corrected chi connectivity index (χ1v) is 7.12. The molecule has 0 saturated heterocycles. The maximum absolute atomic E-state index is 4.57. The van der Waals surface area contributed by atoms with Crippen LogP contribution >= 0.6 is 11.3 Å². The lowest BCUT2D eigenvalue weighted by Gasteiger charge is -2.37. The van der Waals surface area contributed by atoms with Crippen molar-refractivity contribution in [1.82, 2.24) is 4.98 Å². The van der Waals surface area contributed by atoms with Crippen LogP contribution in [0, 0.1) is 6.92 Å². The van der Waals surface area contributed by atoms with Gasteiger partial charge in [0.1, 0.15) is 5.01 Å². The van der Waals surface area contributed by atoms with Gasteiger partial charge in [-0.25, -0.2) is 4.98 Å². The number of anilines is 2. The Morgan fingerprint density at radius 2 is 2.28 bits per heavy atom. The first-order chi connectivity index (χ1) is 8.74. The zero-order valence-electron chi connectivity index (χ0n) is 10.7. The Labute approximate surface area is 111 Å². The minimum Gasteiger partial charge on any atom is -0.381 e. The van der Waals surface area contributed by atoms with E-state index >= 15 is 0 Å². The van der Waals surface area contributed by atoms with Crippen LogP contribution in [0.5, 0.6) is 0 Å². The predicted octanol–water partition coefficient (Wildman–Crippen LogP) is 3.27. The number of rotatable bonds is 2. The summed E-state index contributed by atoms with van der Waals surface area (Å²) in [5, 5.41) is 6.78. The van der Waals surface area contributed by atoms with Crippen molar-refractivity contribution in [1.29, 1.82) is 0 Å². The van der Waals surface area contributed by atoms with Crippen LogP contribution in [0.2, 0.25) is 0 Å². The van der Waals surface area contributed by atoms with Gasteiger partial charge in [-0.3, -0.25) is 0 Å². The molecular weight excluding hydrogens is 242 g/mol. The zero-order chi connectivity index (χ0) is 12.5. The van der Waals surface area contributed by atoms with Crippen molar-refractivity contribution in [2.45, 2.75) is 26.4 Å². The Kier molecular flexibility index (Phi) is 2.96. The van der Waals surface area contributed by atoms with Gasteiger partial charge in [0, 0.05) is 23.7 Å². The molecule has 18 heavy (non-hydrogen) atoms. The molecule has 0 bridgehead atoms. The fourth-order valence-electron chi connectivity index (χ4n) is 2.34. The number of nitrogens with zero attached hydrogens (tertiary/aromatic N) is 2. The number of nitrogens with one attached hydrogen (secondary N) is 1. The zero-order valence-corrected chi connectivity index (χ0v) is 11.5. The monoisotopic (exact) mass is 259 g/mol. The standard InChI is InChI=1S/C14H17N3S/c1-10-9-18-14(16-10)8-17-11(2)7-15-12-5-3-4-6-13(12)17/h3-6,9,11,15H,7-8H2,1-2H3. The number of hydrogen-bond acceptors (Lipinski definition) is 4. The van der Waals surface area contributed by atoms with Gasteiger partial charge < -0.3 is 10.2 Å². The molecule has 0 aliphatic carbocycles. The third-order valence-corrected chi connectivity index (χ3v) is 4.26. The summed E-state index contributed by atoms with van der Waals surface area (Å²) in [6, 6.07) is 8.98. The summed E-state index contributed by atoms with van der Waals surface area (Å²) in [7, 11) is 0. The summed E-state index contributed by atoms with van der Waals surface area (Å²) in [4.78, 5) is 7.00. The molecule has 0 radical (unpaired) electrons. The molecule has 1 N–H and O–H groups in total. The Morgan fingerprint density at radius 1 is 1.44 bits per heavy atom. The Morgan fingerprint density at radius 3 is 3.06 bits per heavy atom. The molecule has 0 spiro atoms. The Balaban J connectivity index is 1.91. The van der Waals surface area contributed by atoms with Crippen molar-refractivity contribution in [3.8, 4) is 0 Å². The molecule has 1 aromatic heterocycles. The van der Waals surface area contributed by atoms with Gasteiger partial charge in [0.05, 0.1) is 17.9 Å². The van der Waals surface area contributed by atoms with Crippen molar-refractivity contribution < 1.29 is 0 Å². The third-order valence-electron chi connectivity index (χ3n) is 3.31. The van der Waals surface area contributed by atoms with E-state index in [1.165, 1.54) is 16.4 Å². The lowest BCUT2D eigenvalue weighted by Crippen LogP contribution is -2.41. The van der Waals surface area contributed by atoms with Crippen LogP contribution in [-0.4, -0.2) is 17.6 Å². The Bertz CT molecular complexity index is 549. The van der Waals surface area contributed by atoms with Crippen LogP contribution in [-0.2, 0) is 6.54 Å². The second-order valence-electron chi connectivity index (χ2n) is 4.76. The molecular formula is C14H17N3S. The van der Waals surface area contributed by atoms with Crippen LogP contribution in [0.25, 0.3) is 0 Å². The summed E-state index contributed by atoms with van der Waals surface area (Å²) in [5.74, 6) is 0. The van der Waals surface area contributed by atoms with Crippen molar-refractivity contribution >= 4 is 22.7 Å². The first kappa shape index (κ1) is 11.5. The number of fused-ring (bicyclic) bond motifs is 1. The molecule has 2 aromatic rings. The molecule has 2 heterocycles. The number of thiazole rings is 1. The van der Waals surface area contributed by atoms with Crippen molar-refractivity contribution in [3.05, 3.63) is 40.3 Å². The molecule has 0 fully saturated rings. The van der Waals surface area contributed by atoms with E-state index in [0.29, 0.717) is 6.04 Å². The second-order valence-corrected chi connectivity index (χ2v) is 5.70. The largest absolute Gasteiger partial charge is 0.381 e. The van der Waals surface area contributed by atoms with Gasteiger partial charge in [-0.15, -0.1) is 11.3 Å². The van der Waals surface area contributed by atoms with E-state index in [4.69, 9.17) is 0 Å². The molecule has 1 aliphatic heterocycles. The summed E-state index contributed by atoms with van der Waals surface area (Å²) in [5.41, 5.74) is 3.62. The van der Waals surface area contributed by atoms with Crippen molar-refractivity contribution in [2.75, 3.05) is 16.8 Å². The highest BCUT2D eigenvalue weighted by atomic mass is 32.1. The maximum Gasteiger partial charge on any atom is 0.112 e. The number of benzene rings is 1. The molecule has 3 nitrogen and oxygen atoms in total. The minimum absolute atomic E-state index is 0.490. The molecule has 0 amide bonds. The molecule has 1 aromatic carbocycles. The van der Waals surface area contributed by atoms with Crippen LogP contribution in [0.1, 0.15) is 17.6 Å². The normalized spacial score (nSPS) is 18.3. The number of aryl methyl sites for hydroxylation is 1. The lowest BCUT2D eigenvalue weighted by molar-refractivity contribution is 0.639. The summed E-state index contributed by atoms with van der Waals surface area (Å²) >= 11 is 1.75. The fourth-order valence-corrected chi connectivity index (χ4v) is 3.11. The SMILES string of the molecule is Cc1csc(CN2c3ccccc3NCC2C)n1. The summed E-state index contributed by atoms with van der Waals surface area (Å²) in [6.45, 7) is 6.19. The van der Waals surface area contributed by atoms with Crippen molar-refractivity contribution in [2.24, 2.45) is 0 Å². The quantitative estimate of drug-likeness (QED) is 0.897. The third kappa shape index (κ3) is 2.08. The van der Waals surface area contributed by atoms with Gasteiger partial charge in [-0.05, 0) is 26.0 Å². The highest BCUT2D eigenvalue weighted by Crippen LogP contribution is 2.32. The molecule has 3 rings (SSSR count). The highest BCUT2D eigenvalue weighted by molar-refractivity contribution is 7.09. The summed E-state index contributed by atoms with van der Waals surface area (Å²) in [6.07, 6.45) is 0. The Hall–Kier alpha value is -1.55. The van der Waals surface area contributed by atoms with Gasteiger partial charge in [0.25, 0.3) is 0 Å². The summed E-state index contributed by atoms with van der Waals surface area (Å²) < 4.78 is 0. The van der Waals surface area contributed by atoms with E-state index in [9.17, 15) is 0 Å². The number of para-hydroxylation sites is 2. The maximum atomic E-state index is 4.57. The molecule has 1 aliphatic rings. The van der Waals surface area contributed by atoms with E-state index < -0.39 is 0 Å². The topological polar surface area (TPSA) is 28.2 Å². The van der Waals surface area contributed by atoms with Crippen LogP contribution in [0.3, 0.4) is 0 Å². The van der Waals surface area contributed by atoms with Crippen LogP contribution in [0.15, 0.2) is 29.6 Å². The van der Waals surface area contributed by atoms with Crippen molar-refractivity contribution in [3.63, 3.8) is 0 Å². The molecule has 1 atom stereocenters. The van der Waals surface area contributed by atoms with Crippen LogP contribution < -0.4 is 10.2 Å². The predicted molar refractivity (Wildman–Crippen MR) is 77.4 cm³/mol. The van der Waals surface area contributed by atoms with Crippen LogP contribution in [0.4, 0.5) is 11.4 Å². The molecule has 0 saturated carbocycles. The fraction of sp³-hybridized carbons (Fsp3) is 0.357. The van der Waals surface area contributed by atoms with Gasteiger partial charge in [-0.2, -0.15) is 0 Å². The molecule has 4 heteroatoms. The van der Waals surface area contributed by atoms with Gasteiger partial charge in [0.15, 0.2) is 0 Å². The molecule has 94 valence electrons. The van der Waals surface area contributed by atoms with E-state index in [1.54, 1.807) is 11.3 Å². The highest BCUT2D eigenvalue weighted by Gasteiger charge is 2.23. The smallest absolute Gasteiger partial charge is 0.112 e. The van der Waals surface area contributed by atoms with E-state index in [0.717, 1.165) is 18.8 Å². The number of aromatic nitrogens is 1. The molecule has 1 unspecified atom stereocenters. The van der Waals surface area contributed by atoms with E-state index in [-0.39, 0.29) is 0 Å². The minimum atomic E-state index is 0.490.